The molecule has 0 spiro atoms. The van der Waals surface area contributed by atoms with Crippen molar-refractivity contribution < 1.29 is 19.1 Å². The summed E-state index contributed by atoms with van der Waals surface area (Å²) in [7, 11) is 1.60. The Morgan fingerprint density at radius 1 is 1.36 bits per heavy atom. The van der Waals surface area contributed by atoms with Gasteiger partial charge in [0.25, 0.3) is 0 Å². The smallest absolute Gasteiger partial charge is 0.407 e. The first-order valence-corrected chi connectivity index (χ1v) is 9.07. The molecule has 0 saturated carbocycles. The van der Waals surface area contributed by atoms with Crippen LogP contribution < -0.4 is 10.1 Å². The molecule has 1 aromatic carbocycles. The van der Waals surface area contributed by atoms with Gasteiger partial charge in [-0.25, -0.2) is 4.79 Å². The number of methoxy groups -OCH3 is 1. The van der Waals surface area contributed by atoms with Gasteiger partial charge in [-0.1, -0.05) is 6.07 Å². The molecule has 25 heavy (non-hydrogen) atoms. The average molecular weight is 413 g/mol. The van der Waals surface area contributed by atoms with Gasteiger partial charge in [0.1, 0.15) is 11.4 Å². The maximum atomic E-state index is 12.5. The van der Waals surface area contributed by atoms with E-state index in [0.29, 0.717) is 19.5 Å². The van der Waals surface area contributed by atoms with E-state index < -0.39 is 11.7 Å². The van der Waals surface area contributed by atoms with Crippen LogP contribution in [0.25, 0.3) is 0 Å². The summed E-state index contributed by atoms with van der Waals surface area (Å²) in [6, 6.07) is 5.54. The van der Waals surface area contributed by atoms with Gasteiger partial charge in [0.2, 0.25) is 5.91 Å². The highest BCUT2D eigenvalue weighted by molar-refractivity contribution is 9.10. The standard InChI is InChI=1S/C18H25BrN2O4/c1-18(2,3)25-17(23)20-13-7-8-21(11-13)16(22)10-12-5-6-15(24-4)14(19)9-12/h5-6,9,13H,7-8,10-11H2,1-4H3,(H,20,23)/t13-/m1/s1. The zero-order valence-electron chi connectivity index (χ0n) is 15.1. The molecule has 0 unspecified atom stereocenters. The minimum absolute atomic E-state index is 0.0468. The van der Waals surface area contributed by atoms with Crippen LogP contribution >= 0.6 is 15.9 Å². The third-order valence-electron chi connectivity index (χ3n) is 3.83. The molecule has 1 saturated heterocycles. The van der Waals surface area contributed by atoms with Crippen LogP contribution in [0.15, 0.2) is 22.7 Å². The van der Waals surface area contributed by atoms with Gasteiger partial charge in [-0.2, -0.15) is 0 Å². The lowest BCUT2D eigenvalue weighted by atomic mass is 10.1. The first kappa shape index (κ1) is 19.6. The Bertz CT molecular complexity index is 642. The van der Waals surface area contributed by atoms with Gasteiger partial charge in [0, 0.05) is 13.1 Å². The van der Waals surface area contributed by atoms with E-state index in [9.17, 15) is 9.59 Å². The number of likely N-dealkylation sites (tertiary alicyclic amines) is 1. The number of alkyl carbamates (subject to hydrolysis) is 1. The van der Waals surface area contributed by atoms with Crippen molar-refractivity contribution in [3.05, 3.63) is 28.2 Å². The van der Waals surface area contributed by atoms with Crippen molar-refractivity contribution in [1.82, 2.24) is 10.2 Å². The molecule has 2 rings (SSSR count). The highest BCUT2D eigenvalue weighted by Gasteiger charge is 2.28. The fourth-order valence-corrected chi connectivity index (χ4v) is 3.27. The molecule has 1 N–H and O–H groups in total. The van der Waals surface area contributed by atoms with Crippen molar-refractivity contribution in [2.45, 2.75) is 45.3 Å². The molecular formula is C18H25BrN2O4. The summed E-state index contributed by atoms with van der Waals surface area (Å²) in [5.41, 5.74) is 0.390. The summed E-state index contributed by atoms with van der Waals surface area (Å²) in [5, 5.41) is 2.83. The van der Waals surface area contributed by atoms with Crippen LogP contribution in [0, 0.1) is 0 Å². The van der Waals surface area contributed by atoms with Gasteiger partial charge in [-0.15, -0.1) is 0 Å². The van der Waals surface area contributed by atoms with Crippen LogP contribution in [-0.4, -0.2) is 48.7 Å². The molecule has 1 atom stereocenters. The molecule has 7 heteroatoms. The van der Waals surface area contributed by atoms with Gasteiger partial charge in [0.05, 0.1) is 24.0 Å². The monoisotopic (exact) mass is 412 g/mol. The van der Waals surface area contributed by atoms with Gasteiger partial charge < -0.3 is 19.7 Å². The summed E-state index contributed by atoms with van der Waals surface area (Å²) in [6.45, 7) is 6.62. The van der Waals surface area contributed by atoms with Crippen molar-refractivity contribution in [3.63, 3.8) is 0 Å². The summed E-state index contributed by atoms with van der Waals surface area (Å²) in [5.74, 6) is 0.782. The Labute approximate surface area is 157 Å². The largest absolute Gasteiger partial charge is 0.496 e. The number of rotatable bonds is 4. The van der Waals surface area contributed by atoms with Crippen LogP contribution in [0.4, 0.5) is 4.79 Å². The van der Waals surface area contributed by atoms with Crippen LogP contribution in [-0.2, 0) is 16.0 Å². The average Bonchev–Trinajstić information content (AvgIpc) is 2.94. The molecule has 2 amide bonds. The molecular weight excluding hydrogens is 388 g/mol. The predicted octanol–water partition coefficient (Wildman–Crippen LogP) is 3.13. The molecule has 1 fully saturated rings. The number of hydrogen-bond donors (Lipinski definition) is 1. The highest BCUT2D eigenvalue weighted by Crippen LogP contribution is 2.26. The molecule has 0 bridgehead atoms. The number of nitrogens with zero attached hydrogens (tertiary/aromatic N) is 1. The summed E-state index contributed by atoms with van der Waals surface area (Å²) < 4.78 is 11.3. The van der Waals surface area contributed by atoms with E-state index in [1.165, 1.54) is 0 Å². The number of nitrogens with one attached hydrogen (secondary N) is 1. The molecule has 0 radical (unpaired) electrons. The quantitative estimate of drug-likeness (QED) is 0.824. The number of hydrogen-bond acceptors (Lipinski definition) is 4. The fourth-order valence-electron chi connectivity index (χ4n) is 2.69. The van der Waals surface area contributed by atoms with Gasteiger partial charge in [-0.05, 0) is 60.8 Å². The van der Waals surface area contributed by atoms with E-state index in [4.69, 9.17) is 9.47 Å². The van der Waals surface area contributed by atoms with Crippen molar-refractivity contribution in [2.75, 3.05) is 20.2 Å². The van der Waals surface area contributed by atoms with Crippen molar-refractivity contribution >= 4 is 27.9 Å². The number of carbonyl (C=O) groups is 2. The number of benzene rings is 1. The summed E-state index contributed by atoms with van der Waals surface area (Å²) >= 11 is 3.43. The van der Waals surface area contributed by atoms with Crippen LogP contribution in [0.5, 0.6) is 5.75 Å². The van der Waals surface area contributed by atoms with Crippen LogP contribution in [0.2, 0.25) is 0 Å². The lowest BCUT2D eigenvalue weighted by Crippen LogP contribution is -2.41. The second-order valence-electron chi connectivity index (χ2n) is 7.12. The Morgan fingerprint density at radius 3 is 2.68 bits per heavy atom. The third kappa shape index (κ3) is 5.92. The Kier molecular flexibility index (Phi) is 6.32. The molecule has 1 aromatic rings. The molecule has 6 nitrogen and oxygen atoms in total. The SMILES string of the molecule is COc1ccc(CC(=O)N2CC[C@@H](NC(=O)OC(C)(C)C)C2)cc1Br. The van der Waals surface area contributed by atoms with Gasteiger partial charge >= 0.3 is 6.09 Å². The first-order chi connectivity index (χ1) is 11.7. The number of ether oxygens (including phenoxy) is 2. The molecule has 0 aromatic heterocycles. The Morgan fingerprint density at radius 2 is 2.08 bits per heavy atom. The van der Waals surface area contributed by atoms with Gasteiger partial charge in [-0.3, -0.25) is 4.79 Å². The number of amides is 2. The number of halogens is 1. The molecule has 1 aliphatic rings. The lowest BCUT2D eigenvalue weighted by Gasteiger charge is -2.22. The molecule has 138 valence electrons. The minimum atomic E-state index is -0.528. The normalized spacial score (nSPS) is 17.3. The Hall–Kier alpha value is -1.76. The van der Waals surface area contributed by atoms with E-state index in [1.54, 1.807) is 12.0 Å². The van der Waals surface area contributed by atoms with Crippen LogP contribution in [0.1, 0.15) is 32.8 Å². The second kappa shape index (κ2) is 8.08. The van der Waals surface area contributed by atoms with E-state index >= 15 is 0 Å². The van der Waals surface area contributed by atoms with E-state index in [1.807, 2.05) is 39.0 Å². The Balaban J connectivity index is 1.86. The lowest BCUT2D eigenvalue weighted by molar-refractivity contribution is -0.129. The predicted molar refractivity (Wildman–Crippen MR) is 98.8 cm³/mol. The zero-order valence-corrected chi connectivity index (χ0v) is 16.7. The van der Waals surface area contributed by atoms with Crippen molar-refractivity contribution in [1.29, 1.82) is 0 Å². The topological polar surface area (TPSA) is 67.9 Å². The molecule has 1 heterocycles. The summed E-state index contributed by atoms with van der Waals surface area (Å²) in [4.78, 5) is 26.1. The van der Waals surface area contributed by atoms with Crippen LogP contribution in [0.3, 0.4) is 0 Å². The van der Waals surface area contributed by atoms with Gasteiger partial charge in [0.15, 0.2) is 0 Å². The molecule has 1 aliphatic heterocycles. The van der Waals surface area contributed by atoms with E-state index in [-0.39, 0.29) is 11.9 Å². The minimum Gasteiger partial charge on any atom is -0.496 e. The van der Waals surface area contributed by atoms with Crippen molar-refractivity contribution in [2.24, 2.45) is 0 Å². The summed E-state index contributed by atoms with van der Waals surface area (Å²) in [6.07, 6.45) is 0.616. The second-order valence-corrected chi connectivity index (χ2v) is 7.97. The van der Waals surface area contributed by atoms with E-state index in [0.717, 1.165) is 22.2 Å². The zero-order chi connectivity index (χ0) is 18.6. The van der Waals surface area contributed by atoms with Crippen molar-refractivity contribution in [3.8, 4) is 5.75 Å². The highest BCUT2D eigenvalue weighted by atomic mass is 79.9. The maximum absolute atomic E-state index is 12.5. The van der Waals surface area contributed by atoms with E-state index in [2.05, 4.69) is 21.2 Å². The first-order valence-electron chi connectivity index (χ1n) is 8.27. The third-order valence-corrected chi connectivity index (χ3v) is 4.45. The maximum Gasteiger partial charge on any atom is 0.407 e. The fraction of sp³-hybridized carbons (Fsp3) is 0.556. The number of carbonyl (C=O) groups excluding carboxylic acids is 2. The molecule has 0 aliphatic carbocycles.